The van der Waals surface area contributed by atoms with E-state index in [2.05, 4.69) is 170 Å². The lowest BCUT2D eigenvalue weighted by Crippen LogP contribution is -2.15. The normalized spacial score (nSPS) is 13.4. The molecule has 1 nitrogen and oxygen atoms in total. The van der Waals surface area contributed by atoms with Gasteiger partial charge in [-0.2, -0.15) is 0 Å². The van der Waals surface area contributed by atoms with E-state index in [4.69, 9.17) is 0 Å². The van der Waals surface area contributed by atoms with E-state index in [1.54, 1.807) is 0 Å². The Labute approximate surface area is 257 Å². The average Bonchev–Trinajstić information content (AvgIpc) is 3.54. The van der Waals surface area contributed by atoms with Crippen LogP contribution >= 0.6 is 0 Å². The van der Waals surface area contributed by atoms with Gasteiger partial charge in [0.05, 0.1) is 11.0 Å². The summed E-state index contributed by atoms with van der Waals surface area (Å²) in [6.45, 7) is 4.81. The van der Waals surface area contributed by atoms with Gasteiger partial charge in [0.15, 0.2) is 0 Å². The number of fused-ring (bicyclic) bond motifs is 9. The van der Waals surface area contributed by atoms with Crippen LogP contribution in [-0.2, 0) is 5.41 Å². The summed E-state index contributed by atoms with van der Waals surface area (Å²) >= 11 is 0. The van der Waals surface area contributed by atoms with Gasteiger partial charge in [-0.1, -0.05) is 135 Å². The van der Waals surface area contributed by atoms with Crippen molar-refractivity contribution in [2.24, 2.45) is 0 Å². The smallest absolute Gasteiger partial charge is 0.0544 e. The lowest BCUT2D eigenvalue weighted by atomic mass is 9.80. The van der Waals surface area contributed by atoms with E-state index < -0.39 is 0 Å². The third-order valence-corrected chi connectivity index (χ3v) is 9.73. The molecule has 0 saturated carbocycles. The largest absolute Gasteiger partial charge is 0.309 e. The quantitative estimate of drug-likeness (QED) is 0.202. The zero-order chi connectivity index (χ0) is 29.4. The Hall–Kier alpha value is -5.40. The van der Waals surface area contributed by atoms with Crippen LogP contribution in [0.3, 0.4) is 0 Å². The molecule has 7 aromatic carbocycles. The standard InChI is InChI=1S/C43H31N/c1-43(2)37-23-21-30-17-9-10-18-34(30)40(37)36-22-24-39-41(42(36)43)35-19-11-12-20-38(35)44(39)33-26-31(28-13-5-3-6-14-28)25-32(27-33)29-15-7-4-8-16-29/h3-27H,1-2H3. The molecule has 0 aliphatic heterocycles. The number of nitrogens with zero attached hydrogens (tertiary/aromatic N) is 1. The molecule has 0 N–H and O–H groups in total. The summed E-state index contributed by atoms with van der Waals surface area (Å²) in [6.07, 6.45) is 0. The topological polar surface area (TPSA) is 4.93 Å². The van der Waals surface area contributed by atoms with Crippen LogP contribution in [0.15, 0.2) is 152 Å². The minimum atomic E-state index is -0.135. The Morgan fingerprint density at radius 1 is 0.477 bits per heavy atom. The maximum atomic E-state index is 2.49. The van der Waals surface area contributed by atoms with Crippen molar-refractivity contribution in [1.29, 1.82) is 0 Å². The molecule has 0 bridgehead atoms. The van der Waals surface area contributed by atoms with Gasteiger partial charge >= 0.3 is 0 Å². The summed E-state index contributed by atoms with van der Waals surface area (Å²) < 4.78 is 2.49. The molecule has 1 aliphatic carbocycles. The summed E-state index contributed by atoms with van der Waals surface area (Å²) in [5.74, 6) is 0. The molecule has 8 aromatic rings. The van der Waals surface area contributed by atoms with E-state index in [1.165, 1.54) is 82.8 Å². The molecule has 1 heteroatoms. The van der Waals surface area contributed by atoms with Crippen molar-refractivity contribution in [2.75, 3.05) is 0 Å². The van der Waals surface area contributed by atoms with Gasteiger partial charge < -0.3 is 4.57 Å². The molecule has 0 fully saturated rings. The third-order valence-electron chi connectivity index (χ3n) is 9.73. The predicted octanol–water partition coefficient (Wildman–Crippen LogP) is 11.6. The van der Waals surface area contributed by atoms with Crippen molar-refractivity contribution in [3.8, 4) is 39.1 Å². The Bertz CT molecular complexity index is 2330. The van der Waals surface area contributed by atoms with Gasteiger partial charge in [-0.25, -0.2) is 0 Å². The molecule has 0 unspecified atom stereocenters. The molecule has 9 rings (SSSR count). The second-order valence-corrected chi connectivity index (χ2v) is 12.6. The summed E-state index contributed by atoms with van der Waals surface area (Å²) in [6, 6.07) is 55.7. The fourth-order valence-corrected chi connectivity index (χ4v) is 7.75. The second-order valence-electron chi connectivity index (χ2n) is 12.6. The number of hydrogen-bond donors (Lipinski definition) is 0. The van der Waals surface area contributed by atoms with Crippen molar-refractivity contribution in [3.63, 3.8) is 0 Å². The molecule has 0 atom stereocenters. The SMILES string of the molecule is CC1(C)c2ccc3ccccc3c2-c2ccc3c(c21)c1ccccc1n3-c1cc(-c2ccccc2)cc(-c2ccccc2)c1. The van der Waals surface area contributed by atoms with Crippen molar-refractivity contribution in [1.82, 2.24) is 4.57 Å². The average molecular weight is 562 g/mol. The lowest BCUT2D eigenvalue weighted by molar-refractivity contribution is 0.667. The molecular formula is C43H31N. The van der Waals surface area contributed by atoms with Crippen LogP contribution in [0.1, 0.15) is 25.0 Å². The van der Waals surface area contributed by atoms with Gasteiger partial charge in [-0.05, 0) is 85.6 Å². The van der Waals surface area contributed by atoms with E-state index in [0.717, 1.165) is 0 Å². The molecule has 0 spiro atoms. The predicted molar refractivity (Wildman–Crippen MR) is 187 cm³/mol. The van der Waals surface area contributed by atoms with Gasteiger partial charge in [0.25, 0.3) is 0 Å². The van der Waals surface area contributed by atoms with Crippen molar-refractivity contribution < 1.29 is 0 Å². The molecule has 208 valence electrons. The van der Waals surface area contributed by atoms with E-state index in [1.807, 2.05) is 0 Å². The summed E-state index contributed by atoms with van der Waals surface area (Å²) in [7, 11) is 0. The Morgan fingerprint density at radius 2 is 1.09 bits per heavy atom. The molecule has 0 amide bonds. The lowest BCUT2D eigenvalue weighted by Gasteiger charge is -2.23. The van der Waals surface area contributed by atoms with E-state index in [9.17, 15) is 0 Å². The minimum absolute atomic E-state index is 0.135. The van der Waals surface area contributed by atoms with Crippen LogP contribution in [0, 0.1) is 0 Å². The highest BCUT2D eigenvalue weighted by molar-refractivity contribution is 6.16. The molecule has 0 radical (unpaired) electrons. The fraction of sp³-hybridized carbons (Fsp3) is 0.0698. The van der Waals surface area contributed by atoms with Crippen LogP contribution < -0.4 is 0 Å². The highest BCUT2D eigenvalue weighted by Gasteiger charge is 2.39. The first-order chi connectivity index (χ1) is 21.6. The Morgan fingerprint density at radius 3 is 1.80 bits per heavy atom. The molecule has 1 aliphatic rings. The number of benzene rings is 7. The molecule has 1 aromatic heterocycles. The summed E-state index contributed by atoms with van der Waals surface area (Å²) in [5.41, 5.74) is 14.0. The van der Waals surface area contributed by atoms with Gasteiger partial charge in [-0.15, -0.1) is 0 Å². The van der Waals surface area contributed by atoms with Crippen molar-refractivity contribution in [3.05, 3.63) is 163 Å². The molecule has 0 saturated heterocycles. The number of para-hydroxylation sites is 1. The first-order valence-corrected chi connectivity index (χ1v) is 15.5. The highest BCUT2D eigenvalue weighted by Crippen LogP contribution is 2.55. The van der Waals surface area contributed by atoms with Crippen LogP contribution in [0.2, 0.25) is 0 Å². The molecule has 44 heavy (non-hydrogen) atoms. The zero-order valence-corrected chi connectivity index (χ0v) is 24.9. The minimum Gasteiger partial charge on any atom is -0.309 e. The van der Waals surface area contributed by atoms with Crippen molar-refractivity contribution in [2.45, 2.75) is 19.3 Å². The summed E-state index contributed by atoms with van der Waals surface area (Å²) in [5, 5.41) is 5.29. The number of rotatable bonds is 3. The molecular weight excluding hydrogens is 530 g/mol. The third kappa shape index (κ3) is 3.53. The van der Waals surface area contributed by atoms with E-state index in [0.29, 0.717) is 0 Å². The van der Waals surface area contributed by atoms with Gasteiger partial charge in [0.1, 0.15) is 0 Å². The number of hydrogen-bond acceptors (Lipinski definition) is 0. The maximum Gasteiger partial charge on any atom is 0.0544 e. The van der Waals surface area contributed by atoms with E-state index >= 15 is 0 Å². The summed E-state index contributed by atoms with van der Waals surface area (Å²) in [4.78, 5) is 0. The maximum absolute atomic E-state index is 2.49. The Kier molecular flexibility index (Phi) is 5.31. The van der Waals surface area contributed by atoms with E-state index in [-0.39, 0.29) is 5.41 Å². The first-order valence-electron chi connectivity index (χ1n) is 15.5. The van der Waals surface area contributed by atoms with Gasteiger partial charge in [-0.3, -0.25) is 0 Å². The zero-order valence-electron chi connectivity index (χ0n) is 24.9. The van der Waals surface area contributed by atoms with Crippen molar-refractivity contribution >= 4 is 32.6 Å². The number of aromatic nitrogens is 1. The first kappa shape index (κ1) is 25.1. The van der Waals surface area contributed by atoms with Gasteiger partial charge in [0, 0.05) is 21.9 Å². The second kappa shape index (κ2) is 9.30. The van der Waals surface area contributed by atoms with Crippen LogP contribution in [-0.4, -0.2) is 4.57 Å². The fourth-order valence-electron chi connectivity index (χ4n) is 7.75. The van der Waals surface area contributed by atoms with Crippen LogP contribution in [0.5, 0.6) is 0 Å². The molecule has 1 heterocycles. The van der Waals surface area contributed by atoms with Crippen LogP contribution in [0.25, 0.3) is 71.6 Å². The highest BCUT2D eigenvalue weighted by atomic mass is 15.0. The Balaban J connectivity index is 1.38. The van der Waals surface area contributed by atoms with Gasteiger partial charge in [0.2, 0.25) is 0 Å². The van der Waals surface area contributed by atoms with Crippen LogP contribution in [0.4, 0.5) is 0 Å². The monoisotopic (exact) mass is 561 g/mol.